The van der Waals surface area contributed by atoms with Gasteiger partial charge in [-0.2, -0.15) is 0 Å². The van der Waals surface area contributed by atoms with Crippen LogP contribution in [0.5, 0.6) is 5.75 Å². The quantitative estimate of drug-likeness (QED) is 0.453. The van der Waals surface area contributed by atoms with Crippen LogP contribution in [0.15, 0.2) is 30.8 Å². The summed E-state index contributed by atoms with van der Waals surface area (Å²) in [7, 11) is 0. The first-order chi connectivity index (χ1) is 11.1. The molecule has 0 aliphatic heterocycles. The maximum atomic E-state index is 5.89. The summed E-state index contributed by atoms with van der Waals surface area (Å²) in [5.41, 5.74) is 1.08. The molecule has 2 atom stereocenters. The number of para-hydroxylation sites is 1. The Morgan fingerprint density at radius 1 is 1.04 bits per heavy atom. The van der Waals surface area contributed by atoms with Crippen molar-refractivity contribution in [2.75, 3.05) is 13.2 Å². The van der Waals surface area contributed by atoms with Crippen molar-refractivity contribution < 1.29 is 4.74 Å². The summed E-state index contributed by atoms with van der Waals surface area (Å²) in [5.74, 6) is 0.948. The first kappa shape index (κ1) is 19.8. The first-order valence-corrected chi connectivity index (χ1v) is 9.24. The van der Waals surface area contributed by atoms with Crippen molar-refractivity contribution in [3.05, 3.63) is 36.4 Å². The standard InChI is InChI=1S/C21H35NO/c1-6-18(4)22(19(5)7-2)16-12-9-13-17-23-21-15-11-10-14-20(21)8-3/h8,10-11,14-15,18-19H,3,6-7,9,12-13,16-17H2,1-2,4-5H3. The molecule has 0 bridgehead atoms. The van der Waals surface area contributed by atoms with Gasteiger partial charge in [-0.25, -0.2) is 0 Å². The summed E-state index contributed by atoms with van der Waals surface area (Å²) in [5, 5.41) is 0. The fourth-order valence-electron chi connectivity index (χ4n) is 2.88. The van der Waals surface area contributed by atoms with Crippen molar-refractivity contribution in [3.63, 3.8) is 0 Å². The highest BCUT2D eigenvalue weighted by atomic mass is 16.5. The molecule has 0 radical (unpaired) electrons. The van der Waals surface area contributed by atoms with E-state index in [9.17, 15) is 0 Å². The predicted molar refractivity (Wildman–Crippen MR) is 102 cm³/mol. The number of unbranched alkanes of at least 4 members (excludes halogenated alkanes) is 2. The van der Waals surface area contributed by atoms with Crippen LogP contribution in [0.3, 0.4) is 0 Å². The van der Waals surface area contributed by atoms with Crippen molar-refractivity contribution in [2.45, 2.75) is 71.9 Å². The van der Waals surface area contributed by atoms with E-state index in [1.807, 2.05) is 30.3 Å². The molecule has 1 aromatic carbocycles. The molecule has 0 N–H and O–H groups in total. The maximum Gasteiger partial charge on any atom is 0.126 e. The third-order valence-corrected chi connectivity index (χ3v) is 4.77. The van der Waals surface area contributed by atoms with Gasteiger partial charge in [-0.3, -0.25) is 4.90 Å². The number of hydrogen-bond acceptors (Lipinski definition) is 2. The predicted octanol–water partition coefficient (Wildman–Crippen LogP) is 5.78. The Balaban J connectivity index is 2.27. The van der Waals surface area contributed by atoms with Gasteiger partial charge >= 0.3 is 0 Å². The van der Waals surface area contributed by atoms with Gasteiger partial charge in [0.15, 0.2) is 0 Å². The Hall–Kier alpha value is -1.28. The molecule has 0 saturated heterocycles. The van der Waals surface area contributed by atoms with Crippen LogP contribution in [-0.4, -0.2) is 30.1 Å². The zero-order valence-electron chi connectivity index (χ0n) is 15.6. The molecule has 0 fully saturated rings. The Labute approximate surface area is 143 Å². The molecular weight excluding hydrogens is 282 g/mol. The molecule has 0 spiro atoms. The number of hydrogen-bond donors (Lipinski definition) is 0. The minimum absolute atomic E-state index is 0.681. The second-order valence-electron chi connectivity index (χ2n) is 6.40. The average Bonchev–Trinajstić information content (AvgIpc) is 2.60. The van der Waals surface area contributed by atoms with Gasteiger partial charge in [0, 0.05) is 17.6 Å². The van der Waals surface area contributed by atoms with Gasteiger partial charge < -0.3 is 4.74 Å². The van der Waals surface area contributed by atoms with E-state index in [-0.39, 0.29) is 0 Å². The molecule has 0 aliphatic rings. The fourth-order valence-corrected chi connectivity index (χ4v) is 2.88. The molecule has 0 aliphatic carbocycles. The Morgan fingerprint density at radius 3 is 2.30 bits per heavy atom. The molecule has 1 aromatic rings. The van der Waals surface area contributed by atoms with Crippen LogP contribution in [-0.2, 0) is 0 Å². The van der Waals surface area contributed by atoms with E-state index in [2.05, 4.69) is 39.2 Å². The Bertz CT molecular complexity index is 433. The van der Waals surface area contributed by atoms with Crippen LogP contribution in [0.4, 0.5) is 0 Å². The number of benzene rings is 1. The van der Waals surface area contributed by atoms with Gasteiger partial charge in [0.1, 0.15) is 5.75 Å². The lowest BCUT2D eigenvalue weighted by molar-refractivity contribution is 0.142. The van der Waals surface area contributed by atoms with E-state index < -0.39 is 0 Å². The summed E-state index contributed by atoms with van der Waals surface area (Å²) >= 11 is 0. The molecule has 0 heterocycles. The summed E-state index contributed by atoms with van der Waals surface area (Å²) in [4.78, 5) is 2.66. The minimum atomic E-state index is 0.681. The van der Waals surface area contributed by atoms with E-state index in [1.54, 1.807) is 0 Å². The van der Waals surface area contributed by atoms with Crippen LogP contribution >= 0.6 is 0 Å². The minimum Gasteiger partial charge on any atom is -0.493 e. The van der Waals surface area contributed by atoms with Crippen LogP contribution < -0.4 is 4.74 Å². The zero-order chi connectivity index (χ0) is 17.1. The number of nitrogens with zero attached hydrogens (tertiary/aromatic N) is 1. The molecular formula is C21H35NO. The van der Waals surface area contributed by atoms with Crippen LogP contribution in [0.1, 0.15) is 65.4 Å². The van der Waals surface area contributed by atoms with Crippen LogP contribution in [0.2, 0.25) is 0 Å². The van der Waals surface area contributed by atoms with E-state index >= 15 is 0 Å². The largest absolute Gasteiger partial charge is 0.493 e. The van der Waals surface area contributed by atoms with Gasteiger partial charge in [0.25, 0.3) is 0 Å². The van der Waals surface area contributed by atoms with Gasteiger partial charge in [-0.05, 0) is 58.6 Å². The molecule has 0 amide bonds. The SMILES string of the molecule is C=Cc1ccccc1OCCCCCN(C(C)CC)C(C)CC. The lowest BCUT2D eigenvalue weighted by Gasteiger charge is -2.33. The number of rotatable bonds is 12. The molecule has 130 valence electrons. The van der Waals surface area contributed by atoms with Gasteiger partial charge in [-0.15, -0.1) is 0 Å². The van der Waals surface area contributed by atoms with Crippen molar-refractivity contribution in [1.82, 2.24) is 4.90 Å². The Morgan fingerprint density at radius 2 is 1.70 bits per heavy atom. The molecule has 2 unspecified atom stereocenters. The van der Waals surface area contributed by atoms with Gasteiger partial charge in [0.05, 0.1) is 6.61 Å². The lowest BCUT2D eigenvalue weighted by Crippen LogP contribution is -2.40. The summed E-state index contributed by atoms with van der Waals surface area (Å²) in [6, 6.07) is 9.45. The molecule has 2 nitrogen and oxygen atoms in total. The van der Waals surface area contributed by atoms with E-state index in [4.69, 9.17) is 4.74 Å². The normalized spacial score (nSPS) is 13.8. The van der Waals surface area contributed by atoms with E-state index in [1.165, 1.54) is 32.2 Å². The van der Waals surface area contributed by atoms with Gasteiger partial charge in [0.2, 0.25) is 0 Å². The molecule has 1 rings (SSSR count). The van der Waals surface area contributed by atoms with Crippen molar-refractivity contribution in [2.24, 2.45) is 0 Å². The Kier molecular flexibility index (Phi) is 9.70. The average molecular weight is 318 g/mol. The lowest BCUT2D eigenvalue weighted by atomic mass is 10.1. The smallest absolute Gasteiger partial charge is 0.126 e. The topological polar surface area (TPSA) is 12.5 Å². The number of ether oxygens (including phenoxy) is 1. The van der Waals surface area contributed by atoms with Crippen LogP contribution in [0.25, 0.3) is 6.08 Å². The van der Waals surface area contributed by atoms with Gasteiger partial charge in [-0.1, -0.05) is 44.7 Å². The summed E-state index contributed by atoms with van der Waals surface area (Å²) < 4.78 is 5.89. The third-order valence-electron chi connectivity index (χ3n) is 4.77. The highest BCUT2D eigenvalue weighted by Crippen LogP contribution is 2.19. The molecule has 2 heteroatoms. The van der Waals surface area contributed by atoms with E-state index in [0.717, 1.165) is 24.3 Å². The third kappa shape index (κ3) is 6.78. The van der Waals surface area contributed by atoms with Crippen molar-refractivity contribution in [3.8, 4) is 5.75 Å². The second kappa shape index (κ2) is 11.3. The maximum absolute atomic E-state index is 5.89. The summed E-state index contributed by atoms with van der Waals surface area (Å²) in [6.07, 6.45) is 7.89. The fraction of sp³-hybridized carbons (Fsp3) is 0.619. The molecule has 0 saturated carbocycles. The monoisotopic (exact) mass is 317 g/mol. The van der Waals surface area contributed by atoms with Crippen molar-refractivity contribution in [1.29, 1.82) is 0 Å². The van der Waals surface area contributed by atoms with Crippen molar-refractivity contribution >= 4 is 6.08 Å². The zero-order valence-corrected chi connectivity index (χ0v) is 15.6. The second-order valence-corrected chi connectivity index (χ2v) is 6.40. The summed E-state index contributed by atoms with van der Waals surface area (Å²) in [6.45, 7) is 15.1. The molecule has 0 aromatic heterocycles. The van der Waals surface area contributed by atoms with Crippen LogP contribution in [0, 0.1) is 0 Å². The van der Waals surface area contributed by atoms with E-state index in [0.29, 0.717) is 12.1 Å². The highest BCUT2D eigenvalue weighted by molar-refractivity contribution is 5.55. The molecule has 23 heavy (non-hydrogen) atoms. The highest BCUT2D eigenvalue weighted by Gasteiger charge is 2.16. The first-order valence-electron chi connectivity index (χ1n) is 9.24.